The van der Waals surface area contributed by atoms with Gasteiger partial charge >= 0.3 is 0 Å². The molecule has 0 spiro atoms. The van der Waals surface area contributed by atoms with Crippen molar-refractivity contribution in [1.29, 1.82) is 0 Å². The number of halogens is 1. The summed E-state index contributed by atoms with van der Waals surface area (Å²) in [7, 11) is 0. The van der Waals surface area contributed by atoms with Crippen LogP contribution in [0, 0.1) is 0 Å². The van der Waals surface area contributed by atoms with Crippen LogP contribution in [0.1, 0.15) is 30.9 Å². The van der Waals surface area contributed by atoms with Crippen LogP contribution in [0.5, 0.6) is 5.75 Å². The lowest BCUT2D eigenvalue weighted by Gasteiger charge is -2.10. The van der Waals surface area contributed by atoms with Crippen LogP contribution in [0.4, 0.5) is 4.39 Å². The van der Waals surface area contributed by atoms with Gasteiger partial charge in [0.05, 0.1) is 0 Å². The molecule has 1 aliphatic carbocycles. The Kier molecular flexibility index (Phi) is 2.71. The van der Waals surface area contributed by atoms with Crippen molar-refractivity contribution >= 4 is 0 Å². The summed E-state index contributed by atoms with van der Waals surface area (Å²) in [5, 5.41) is 0. The van der Waals surface area contributed by atoms with E-state index in [1.54, 1.807) is 6.92 Å². The van der Waals surface area contributed by atoms with Gasteiger partial charge in [-0.25, -0.2) is 4.39 Å². The van der Waals surface area contributed by atoms with Gasteiger partial charge in [-0.2, -0.15) is 0 Å². The molecule has 1 aromatic carbocycles. The van der Waals surface area contributed by atoms with E-state index >= 15 is 0 Å². The molecule has 1 aromatic rings. The minimum atomic E-state index is -1.17. The lowest BCUT2D eigenvalue weighted by molar-refractivity contribution is 0.0641. The Bertz CT molecular complexity index is 322. The number of hydrogen-bond donors (Lipinski definition) is 0. The first-order chi connectivity index (χ1) is 6.79. The highest BCUT2D eigenvalue weighted by Crippen LogP contribution is 2.26. The molecule has 1 atom stereocenters. The van der Waals surface area contributed by atoms with E-state index in [4.69, 9.17) is 4.74 Å². The monoisotopic (exact) mass is 194 g/mol. The molecule has 76 valence electrons. The molecule has 1 nitrogen and oxygen atoms in total. The summed E-state index contributed by atoms with van der Waals surface area (Å²) >= 11 is 0. The zero-order valence-electron chi connectivity index (χ0n) is 8.42. The number of fused-ring (bicyclic) bond motifs is 1. The normalized spacial score (nSPS) is 16.4. The molecular formula is C12H15FO. The van der Waals surface area contributed by atoms with Crippen LogP contribution in [0.3, 0.4) is 0 Å². The fraction of sp³-hybridized carbons (Fsp3) is 0.500. The van der Waals surface area contributed by atoms with Gasteiger partial charge < -0.3 is 4.74 Å². The van der Waals surface area contributed by atoms with E-state index in [-0.39, 0.29) is 0 Å². The fourth-order valence-corrected chi connectivity index (χ4v) is 1.85. The number of ether oxygens (including phenoxy) is 1. The van der Waals surface area contributed by atoms with Crippen molar-refractivity contribution in [1.82, 2.24) is 0 Å². The number of alkyl halides is 1. The van der Waals surface area contributed by atoms with Crippen LogP contribution in [0.25, 0.3) is 0 Å². The average Bonchev–Trinajstić information content (AvgIpc) is 2.64. The highest BCUT2D eigenvalue weighted by Gasteiger charge is 2.12. The van der Waals surface area contributed by atoms with E-state index in [1.807, 2.05) is 12.1 Å². The molecule has 0 N–H and O–H groups in total. The quantitative estimate of drug-likeness (QED) is 0.717. The molecule has 2 rings (SSSR count). The third-order valence-electron chi connectivity index (χ3n) is 2.65. The molecule has 0 fully saturated rings. The van der Waals surface area contributed by atoms with Crippen molar-refractivity contribution in [2.24, 2.45) is 0 Å². The van der Waals surface area contributed by atoms with Gasteiger partial charge in [-0.3, -0.25) is 0 Å². The maximum atomic E-state index is 12.9. The van der Waals surface area contributed by atoms with Crippen molar-refractivity contribution < 1.29 is 9.13 Å². The summed E-state index contributed by atoms with van der Waals surface area (Å²) in [6, 6.07) is 5.90. The van der Waals surface area contributed by atoms with Gasteiger partial charge in [0.15, 0.2) is 0 Å². The Hall–Kier alpha value is -1.05. The molecule has 1 unspecified atom stereocenters. The van der Waals surface area contributed by atoms with E-state index in [0.29, 0.717) is 12.2 Å². The SMILES string of the molecule is CCC(F)Oc1ccc2c(c1)CCC2. The van der Waals surface area contributed by atoms with Crippen molar-refractivity contribution in [2.45, 2.75) is 39.0 Å². The summed E-state index contributed by atoms with van der Waals surface area (Å²) in [5.41, 5.74) is 2.72. The number of aryl methyl sites for hydroxylation is 2. The van der Waals surface area contributed by atoms with Gasteiger partial charge in [-0.1, -0.05) is 13.0 Å². The molecule has 0 saturated heterocycles. The second kappa shape index (κ2) is 3.99. The molecule has 1 aliphatic rings. The molecule has 0 heterocycles. The van der Waals surface area contributed by atoms with Crippen LogP contribution >= 0.6 is 0 Å². The van der Waals surface area contributed by atoms with E-state index < -0.39 is 6.36 Å². The van der Waals surface area contributed by atoms with Crippen LogP contribution < -0.4 is 4.74 Å². The van der Waals surface area contributed by atoms with Gasteiger partial charge in [-0.05, 0) is 42.5 Å². The molecular weight excluding hydrogens is 179 g/mol. The van der Waals surface area contributed by atoms with E-state index in [9.17, 15) is 4.39 Å². The molecule has 14 heavy (non-hydrogen) atoms. The lowest BCUT2D eigenvalue weighted by atomic mass is 10.1. The largest absolute Gasteiger partial charge is 0.460 e. The van der Waals surface area contributed by atoms with Gasteiger partial charge in [-0.15, -0.1) is 0 Å². The summed E-state index contributed by atoms with van der Waals surface area (Å²) in [6.45, 7) is 1.78. The summed E-state index contributed by atoms with van der Waals surface area (Å²) in [6.07, 6.45) is 2.70. The van der Waals surface area contributed by atoms with Crippen LogP contribution in [0.15, 0.2) is 18.2 Å². The van der Waals surface area contributed by atoms with Crippen molar-refractivity contribution in [3.63, 3.8) is 0 Å². The van der Waals surface area contributed by atoms with E-state index in [1.165, 1.54) is 17.5 Å². The summed E-state index contributed by atoms with van der Waals surface area (Å²) in [5.74, 6) is 0.667. The number of rotatable bonds is 3. The van der Waals surface area contributed by atoms with Gasteiger partial charge in [0.2, 0.25) is 6.36 Å². The number of hydrogen-bond acceptors (Lipinski definition) is 1. The van der Waals surface area contributed by atoms with Gasteiger partial charge in [0.25, 0.3) is 0 Å². The first-order valence-electron chi connectivity index (χ1n) is 5.22. The Balaban J connectivity index is 2.12. The fourth-order valence-electron chi connectivity index (χ4n) is 1.85. The zero-order chi connectivity index (χ0) is 9.97. The van der Waals surface area contributed by atoms with Crippen molar-refractivity contribution in [3.05, 3.63) is 29.3 Å². The first-order valence-corrected chi connectivity index (χ1v) is 5.22. The maximum absolute atomic E-state index is 12.9. The molecule has 0 amide bonds. The van der Waals surface area contributed by atoms with E-state index in [0.717, 1.165) is 12.8 Å². The van der Waals surface area contributed by atoms with Gasteiger partial charge in [0, 0.05) is 6.42 Å². The van der Waals surface area contributed by atoms with Crippen LogP contribution in [-0.2, 0) is 12.8 Å². The third-order valence-corrected chi connectivity index (χ3v) is 2.65. The van der Waals surface area contributed by atoms with Crippen LogP contribution in [0.2, 0.25) is 0 Å². The average molecular weight is 194 g/mol. The van der Waals surface area contributed by atoms with Gasteiger partial charge in [0.1, 0.15) is 5.75 Å². The molecule has 0 bridgehead atoms. The van der Waals surface area contributed by atoms with Crippen LogP contribution in [-0.4, -0.2) is 6.36 Å². The minimum absolute atomic E-state index is 0.400. The number of benzene rings is 1. The summed E-state index contributed by atoms with van der Waals surface area (Å²) < 4.78 is 18.1. The smallest absolute Gasteiger partial charge is 0.238 e. The Morgan fingerprint density at radius 3 is 2.93 bits per heavy atom. The lowest BCUT2D eigenvalue weighted by Crippen LogP contribution is -2.07. The standard InChI is InChI=1S/C12H15FO/c1-2-12(13)14-11-7-6-9-4-3-5-10(9)8-11/h6-8,12H,2-5H2,1H3. The third kappa shape index (κ3) is 1.89. The Morgan fingerprint density at radius 1 is 1.36 bits per heavy atom. The highest BCUT2D eigenvalue weighted by atomic mass is 19.1. The Labute approximate surface area is 83.9 Å². The molecule has 2 heteroatoms. The maximum Gasteiger partial charge on any atom is 0.238 e. The predicted octanol–water partition coefficient (Wildman–Crippen LogP) is 3.26. The molecule has 0 aliphatic heterocycles. The molecule has 0 aromatic heterocycles. The topological polar surface area (TPSA) is 9.23 Å². The summed E-state index contributed by atoms with van der Waals surface area (Å²) in [4.78, 5) is 0. The van der Waals surface area contributed by atoms with Crippen molar-refractivity contribution in [2.75, 3.05) is 0 Å². The molecule has 0 radical (unpaired) electrons. The van der Waals surface area contributed by atoms with Crippen molar-refractivity contribution in [3.8, 4) is 5.75 Å². The second-order valence-electron chi connectivity index (χ2n) is 3.72. The minimum Gasteiger partial charge on any atom is -0.460 e. The van der Waals surface area contributed by atoms with E-state index in [2.05, 4.69) is 6.07 Å². The molecule has 0 saturated carbocycles. The second-order valence-corrected chi connectivity index (χ2v) is 3.72. The Morgan fingerprint density at radius 2 is 2.14 bits per heavy atom. The predicted molar refractivity (Wildman–Crippen MR) is 54.3 cm³/mol. The zero-order valence-corrected chi connectivity index (χ0v) is 8.42. The first kappa shape index (κ1) is 9.50. The highest BCUT2D eigenvalue weighted by molar-refractivity contribution is 5.38.